The van der Waals surface area contributed by atoms with Crippen LogP contribution in [0.5, 0.6) is 0 Å². The van der Waals surface area contributed by atoms with Crippen molar-refractivity contribution in [3.63, 3.8) is 0 Å². The molecule has 2 aliphatic carbocycles. The minimum absolute atomic E-state index is 0. The summed E-state index contributed by atoms with van der Waals surface area (Å²) in [5, 5.41) is 4.31. The molecule has 3 aromatic rings. The summed E-state index contributed by atoms with van der Waals surface area (Å²) in [6.07, 6.45) is 0. The van der Waals surface area contributed by atoms with Crippen molar-refractivity contribution in [1.29, 1.82) is 0 Å². The van der Waals surface area contributed by atoms with Gasteiger partial charge in [-0.3, -0.25) is 0 Å². The van der Waals surface area contributed by atoms with Gasteiger partial charge in [0.1, 0.15) is 15.9 Å². The van der Waals surface area contributed by atoms with Gasteiger partial charge >= 0.3 is 22.6 Å². The van der Waals surface area contributed by atoms with Crippen LogP contribution < -0.4 is 15.9 Å². The van der Waals surface area contributed by atoms with Crippen molar-refractivity contribution in [2.24, 2.45) is 0 Å². The molecule has 4 heteroatoms. The molecule has 0 aromatic heterocycles. The van der Waals surface area contributed by atoms with Crippen molar-refractivity contribution < 1.29 is 26.4 Å². The fourth-order valence-corrected chi connectivity index (χ4v) is 5.96. The van der Waals surface area contributed by atoms with Crippen LogP contribution in [0.3, 0.4) is 0 Å². The zero-order chi connectivity index (χ0) is 23.0. The summed E-state index contributed by atoms with van der Waals surface area (Å²) < 4.78 is 15.0. The van der Waals surface area contributed by atoms with E-state index in [1.54, 1.807) is 0 Å². The molecule has 0 unspecified atom stereocenters. The summed E-state index contributed by atoms with van der Waals surface area (Å²) in [6.45, 7) is 9.00. The third-order valence-corrected chi connectivity index (χ3v) is 7.47. The number of rotatable bonds is 3. The number of benzene rings is 4. The average Bonchev–Trinajstić information content (AvgIpc) is 3.38. The Kier molecular flexibility index (Phi) is 14.0. The van der Waals surface area contributed by atoms with Gasteiger partial charge in [0.05, 0.1) is 7.92 Å². The van der Waals surface area contributed by atoms with Gasteiger partial charge in [0.15, 0.2) is 0 Å². The predicted molar refractivity (Wildman–Crippen MR) is 133 cm³/mol. The fourth-order valence-electron chi connectivity index (χ4n) is 3.38. The van der Waals surface area contributed by atoms with E-state index in [1.807, 2.05) is 0 Å². The van der Waals surface area contributed by atoms with Crippen molar-refractivity contribution in [1.82, 2.24) is 0 Å². The molecule has 0 saturated heterocycles. The maximum Gasteiger partial charge on any atom is 0.102 e. The first-order chi connectivity index (χ1) is 15.9. The normalized spacial score (nSPS) is 9.00. The molecule has 1 radical (unpaired) electrons. The van der Waals surface area contributed by atoms with E-state index in [1.165, 1.54) is 27.0 Å². The maximum absolute atomic E-state index is 7.50. The Morgan fingerprint density at radius 2 is 0.879 bits per heavy atom. The van der Waals surface area contributed by atoms with E-state index in [0.717, 1.165) is 0 Å². The van der Waals surface area contributed by atoms with Gasteiger partial charge in [-0.25, -0.2) is 0 Å². The molecule has 0 fully saturated rings. The van der Waals surface area contributed by atoms with Crippen molar-refractivity contribution in [2.75, 3.05) is 0 Å². The fraction of sp³-hybridized carbons (Fsp3) is 0. The minimum Gasteiger partial charge on any atom is -0.172 e. The Bertz CT molecular complexity index is 1030. The first-order valence-electron chi connectivity index (χ1n) is 9.96. The Hall–Kier alpha value is -3.08. The van der Waals surface area contributed by atoms with Crippen LogP contribution in [0, 0.1) is 13.3 Å². The van der Waals surface area contributed by atoms with E-state index < -0.39 is 7.92 Å². The van der Waals surface area contributed by atoms with E-state index >= 15 is 0 Å². The molecule has 0 saturated carbocycles. The molecule has 0 spiro atoms. The van der Waals surface area contributed by atoms with Crippen LogP contribution in [0.15, 0.2) is 133 Å². The number of hydrogen-bond donors (Lipinski definition) is 0. The van der Waals surface area contributed by atoms with Gasteiger partial charge in [-0.05, 0) is 36.4 Å². The second-order valence-electron chi connectivity index (χ2n) is 6.63. The third-order valence-electron chi connectivity index (χ3n) is 4.73. The molecule has 0 heterocycles. The number of hydrogen-bond acceptors (Lipinski definition) is 0. The van der Waals surface area contributed by atoms with Crippen LogP contribution in [-0.4, -0.2) is 0 Å². The Morgan fingerprint density at radius 3 is 1.27 bits per heavy atom. The summed E-state index contributed by atoms with van der Waals surface area (Å²) in [7, 11) is -0.877. The first kappa shape index (κ1) is 28.0. The van der Waals surface area contributed by atoms with Crippen LogP contribution in [0.4, 0.5) is 0 Å². The second-order valence-corrected chi connectivity index (χ2v) is 9.11. The minimum atomic E-state index is -0.877. The molecular formula is C29H23MnO2P. The molecule has 33 heavy (non-hydrogen) atoms. The predicted octanol–water partition coefficient (Wildman–Crippen LogP) is 5.61. The molecule has 0 atom stereocenters. The largest absolute Gasteiger partial charge is 0.172 e. The molecule has 163 valence electrons. The van der Waals surface area contributed by atoms with Gasteiger partial charge in [0.2, 0.25) is 0 Å². The molecule has 3 aromatic carbocycles. The van der Waals surface area contributed by atoms with Crippen molar-refractivity contribution >= 4 is 23.8 Å². The standard InChI is InChI=1S/C18H15P.C9H7.2CO.Mn/c1-4-10-16(11-5-1)19(17-12-6-2-7-13-17)18-14-8-3-9-15-18;1-2-5-9-7-3-6-8(9)4-1;2*1-2;/h1-15H;1-7H;;;/q;-1;;;/p+1. The summed E-state index contributed by atoms with van der Waals surface area (Å²) in [4.78, 5) is 0. The SMILES string of the molecule is [C-]#[O+].[C-]#[O+].[Mn].c1cc2cc[cH-]cc-2c1.c1ccc([PH+](c2ccccc2)c2ccccc2)cc1. The first-order valence-corrected chi connectivity index (χ1v) is 11.5. The molecule has 0 amide bonds. The molecule has 5 rings (SSSR count). The molecule has 0 bridgehead atoms. The van der Waals surface area contributed by atoms with Crippen LogP contribution in [0.2, 0.25) is 0 Å². The average molecular weight is 489 g/mol. The molecule has 0 aliphatic heterocycles. The summed E-state index contributed by atoms with van der Waals surface area (Å²) in [5.74, 6) is 0. The Labute approximate surface area is 207 Å². The van der Waals surface area contributed by atoms with E-state index in [-0.39, 0.29) is 17.1 Å². The number of fused-ring (bicyclic) bond motifs is 1. The summed E-state index contributed by atoms with van der Waals surface area (Å²) in [5.41, 5.74) is 2.66. The van der Waals surface area contributed by atoms with Gasteiger partial charge in [-0.15, -0.1) is 17.2 Å². The Balaban J connectivity index is 0.000000327. The molecule has 0 N–H and O–H groups in total. The van der Waals surface area contributed by atoms with Gasteiger partial charge in [-0.1, -0.05) is 66.7 Å². The van der Waals surface area contributed by atoms with Gasteiger partial charge in [-0.2, -0.15) is 24.3 Å². The molecular weight excluding hydrogens is 466 g/mol. The smallest absolute Gasteiger partial charge is 0.102 e. The van der Waals surface area contributed by atoms with Crippen molar-refractivity contribution in [2.45, 2.75) is 0 Å². The summed E-state index contributed by atoms with van der Waals surface area (Å²) >= 11 is 0. The Morgan fingerprint density at radius 1 is 0.485 bits per heavy atom. The topological polar surface area (TPSA) is 39.8 Å². The quantitative estimate of drug-likeness (QED) is 0.137. The van der Waals surface area contributed by atoms with E-state index in [2.05, 4.69) is 147 Å². The molecule has 2 nitrogen and oxygen atoms in total. The summed E-state index contributed by atoms with van der Waals surface area (Å²) in [6, 6.07) is 47.2. The molecule has 2 aliphatic rings. The van der Waals surface area contributed by atoms with Crippen LogP contribution in [0.1, 0.15) is 0 Å². The van der Waals surface area contributed by atoms with Crippen LogP contribution >= 0.6 is 7.92 Å². The van der Waals surface area contributed by atoms with E-state index in [9.17, 15) is 0 Å². The zero-order valence-electron chi connectivity index (χ0n) is 17.9. The third kappa shape index (κ3) is 8.41. The van der Waals surface area contributed by atoms with Gasteiger partial charge in [0, 0.05) is 17.1 Å². The van der Waals surface area contributed by atoms with E-state index in [4.69, 9.17) is 9.30 Å². The van der Waals surface area contributed by atoms with Crippen LogP contribution in [0.25, 0.3) is 11.1 Å². The van der Waals surface area contributed by atoms with Crippen molar-refractivity contribution in [3.8, 4) is 11.1 Å². The van der Waals surface area contributed by atoms with Gasteiger partial charge in [0.25, 0.3) is 0 Å². The van der Waals surface area contributed by atoms with Crippen molar-refractivity contribution in [3.05, 3.63) is 147 Å². The van der Waals surface area contributed by atoms with E-state index in [0.29, 0.717) is 0 Å². The second kappa shape index (κ2) is 16.5. The van der Waals surface area contributed by atoms with Gasteiger partial charge < -0.3 is 0 Å². The van der Waals surface area contributed by atoms with Crippen LogP contribution in [-0.2, 0) is 26.4 Å². The zero-order valence-corrected chi connectivity index (χ0v) is 20.1. The maximum atomic E-state index is 7.50. The monoisotopic (exact) mass is 489 g/mol.